The number of nitrogens with one attached hydrogen (secondary N) is 3. The van der Waals surface area contributed by atoms with Crippen molar-refractivity contribution in [1.29, 1.82) is 0 Å². The lowest BCUT2D eigenvalue weighted by Crippen LogP contribution is -2.27. The number of nitrogens with zero attached hydrogens (tertiary/aromatic N) is 3. The van der Waals surface area contributed by atoms with Gasteiger partial charge in [-0.1, -0.05) is 57.0 Å². The van der Waals surface area contributed by atoms with Gasteiger partial charge in [-0.3, -0.25) is 0 Å². The Balaban J connectivity index is 1.47. The zero-order chi connectivity index (χ0) is 24.0. The molecule has 0 fully saturated rings. The van der Waals surface area contributed by atoms with Gasteiger partial charge in [0.2, 0.25) is 0 Å². The number of rotatable bonds is 17. The Morgan fingerprint density at radius 3 is 2.47 bits per heavy atom. The highest BCUT2D eigenvalue weighted by atomic mass is 15.1. The molecule has 3 N–H and O–H groups in total. The van der Waals surface area contributed by atoms with Crippen molar-refractivity contribution in [3.63, 3.8) is 0 Å². The van der Waals surface area contributed by atoms with Crippen LogP contribution in [0.2, 0.25) is 0 Å². The third kappa shape index (κ3) is 8.73. The summed E-state index contributed by atoms with van der Waals surface area (Å²) in [6, 6.07) is 11.1. The highest BCUT2D eigenvalue weighted by molar-refractivity contribution is 5.20. The zero-order valence-electron chi connectivity index (χ0n) is 21.4. The summed E-state index contributed by atoms with van der Waals surface area (Å²) >= 11 is 0. The van der Waals surface area contributed by atoms with Gasteiger partial charge in [0.1, 0.15) is 11.6 Å². The van der Waals surface area contributed by atoms with Gasteiger partial charge in [-0.2, -0.15) is 0 Å². The van der Waals surface area contributed by atoms with Crippen LogP contribution in [0.4, 0.5) is 0 Å². The van der Waals surface area contributed by atoms with Gasteiger partial charge in [-0.05, 0) is 63.7 Å². The lowest BCUT2D eigenvalue weighted by Gasteiger charge is -2.22. The Labute approximate surface area is 206 Å². The predicted molar refractivity (Wildman–Crippen MR) is 141 cm³/mol. The number of aromatic nitrogens is 4. The summed E-state index contributed by atoms with van der Waals surface area (Å²) in [5, 5.41) is 3.74. The maximum Gasteiger partial charge on any atom is 0.123 e. The van der Waals surface area contributed by atoms with Crippen LogP contribution in [0, 0.1) is 0 Å². The first-order valence-corrected chi connectivity index (χ1v) is 13.2. The fourth-order valence-corrected chi connectivity index (χ4v) is 4.66. The van der Waals surface area contributed by atoms with E-state index in [0.29, 0.717) is 5.92 Å². The Bertz CT molecular complexity index is 883. The van der Waals surface area contributed by atoms with Crippen molar-refractivity contribution in [2.45, 2.75) is 77.7 Å². The van der Waals surface area contributed by atoms with E-state index >= 15 is 0 Å². The molecular formula is C28H44N6. The van der Waals surface area contributed by atoms with Crippen LogP contribution in [-0.4, -0.2) is 51.0 Å². The SMILES string of the molecule is CCCN(CCC)CCCCCC(CNC(C)c1ncc(Cc2ncc[nH]2)[nH]1)c1ccccc1. The minimum Gasteiger partial charge on any atom is -0.348 e. The van der Waals surface area contributed by atoms with Gasteiger partial charge in [-0.25, -0.2) is 9.97 Å². The van der Waals surface area contributed by atoms with E-state index in [-0.39, 0.29) is 6.04 Å². The van der Waals surface area contributed by atoms with Gasteiger partial charge in [0.15, 0.2) is 0 Å². The number of unbranched alkanes of at least 4 members (excludes halogenated alkanes) is 2. The number of aromatic amines is 2. The van der Waals surface area contributed by atoms with Crippen LogP contribution < -0.4 is 5.32 Å². The van der Waals surface area contributed by atoms with E-state index in [2.05, 4.69) is 81.3 Å². The first-order chi connectivity index (χ1) is 16.7. The molecular weight excluding hydrogens is 420 g/mol. The molecule has 0 saturated carbocycles. The molecule has 0 aliphatic carbocycles. The smallest absolute Gasteiger partial charge is 0.123 e. The summed E-state index contributed by atoms with van der Waals surface area (Å²) in [4.78, 5) is 18.2. The van der Waals surface area contributed by atoms with Crippen molar-refractivity contribution in [2.75, 3.05) is 26.2 Å². The summed E-state index contributed by atoms with van der Waals surface area (Å²) < 4.78 is 0. The second-order valence-electron chi connectivity index (χ2n) is 9.43. The van der Waals surface area contributed by atoms with Crippen LogP contribution in [-0.2, 0) is 6.42 Å². The summed E-state index contributed by atoms with van der Waals surface area (Å²) in [6.07, 6.45) is 13.9. The molecule has 2 aromatic heterocycles. The highest BCUT2D eigenvalue weighted by Gasteiger charge is 2.15. The van der Waals surface area contributed by atoms with Crippen LogP contribution in [0.5, 0.6) is 0 Å². The fraction of sp³-hybridized carbons (Fsp3) is 0.571. The topological polar surface area (TPSA) is 72.6 Å². The van der Waals surface area contributed by atoms with Crippen LogP contribution in [0.1, 0.15) is 94.2 Å². The molecule has 0 aliphatic rings. The van der Waals surface area contributed by atoms with Gasteiger partial charge in [0, 0.05) is 37.3 Å². The van der Waals surface area contributed by atoms with Crippen LogP contribution in [0.3, 0.4) is 0 Å². The number of benzene rings is 1. The predicted octanol–water partition coefficient (Wildman–Crippen LogP) is 5.84. The normalized spacial score (nSPS) is 13.4. The molecule has 0 aliphatic heterocycles. The molecule has 2 atom stereocenters. The Hall–Kier alpha value is -2.44. The molecule has 1 aromatic carbocycles. The van der Waals surface area contributed by atoms with Crippen molar-refractivity contribution < 1.29 is 0 Å². The Morgan fingerprint density at radius 1 is 0.971 bits per heavy atom. The van der Waals surface area contributed by atoms with Crippen LogP contribution in [0.15, 0.2) is 48.9 Å². The summed E-state index contributed by atoms with van der Waals surface area (Å²) in [5.74, 6) is 2.45. The zero-order valence-corrected chi connectivity index (χ0v) is 21.4. The van der Waals surface area contributed by atoms with Gasteiger partial charge >= 0.3 is 0 Å². The average molecular weight is 465 g/mol. The van der Waals surface area contributed by atoms with Gasteiger partial charge in [0.05, 0.1) is 6.04 Å². The van der Waals surface area contributed by atoms with E-state index in [4.69, 9.17) is 0 Å². The largest absolute Gasteiger partial charge is 0.348 e. The molecule has 2 unspecified atom stereocenters. The molecule has 186 valence electrons. The molecule has 34 heavy (non-hydrogen) atoms. The molecule has 0 radical (unpaired) electrons. The maximum atomic E-state index is 4.62. The third-order valence-corrected chi connectivity index (χ3v) is 6.52. The third-order valence-electron chi connectivity index (χ3n) is 6.52. The standard InChI is InChI=1S/C28H44N6/c1-4-17-34(18-5-2)19-11-7-10-14-25(24-12-8-6-9-13-24)21-31-23(3)28-32-22-26(33-28)20-27-29-15-16-30-27/h6,8-9,12-13,15-16,22-23,25,31H,4-5,7,10-11,14,17-21H2,1-3H3,(H,29,30)(H,32,33). The van der Waals surface area contributed by atoms with Crippen molar-refractivity contribution >= 4 is 0 Å². The van der Waals surface area contributed by atoms with E-state index in [1.807, 2.05) is 12.4 Å². The van der Waals surface area contributed by atoms with Crippen molar-refractivity contribution in [3.05, 3.63) is 71.8 Å². The summed E-state index contributed by atoms with van der Waals surface area (Å²) in [7, 11) is 0. The van der Waals surface area contributed by atoms with Gasteiger partial charge in [0.25, 0.3) is 0 Å². The molecule has 6 heteroatoms. The van der Waals surface area contributed by atoms with Crippen LogP contribution in [0.25, 0.3) is 0 Å². The molecule has 0 saturated heterocycles. The molecule has 3 aromatic rings. The number of hydrogen-bond acceptors (Lipinski definition) is 4. The first-order valence-electron chi connectivity index (χ1n) is 13.2. The van der Waals surface area contributed by atoms with E-state index < -0.39 is 0 Å². The number of H-pyrrole nitrogens is 2. The fourth-order valence-electron chi connectivity index (χ4n) is 4.66. The van der Waals surface area contributed by atoms with Crippen LogP contribution >= 0.6 is 0 Å². The number of imidazole rings is 2. The quantitative estimate of drug-likeness (QED) is 0.219. The highest BCUT2D eigenvalue weighted by Crippen LogP contribution is 2.23. The average Bonchev–Trinajstić information content (AvgIpc) is 3.54. The van der Waals surface area contributed by atoms with Crippen molar-refractivity contribution in [2.24, 2.45) is 0 Å². The van der Waals surface area contributed by atoms with Gasteiger partial charge < -0.3 is 20.2 Å². The molecule has 0 amide bonds. The van der Waals surface area contributed by atoms with E-state index in [1.54, 1.807) is 6.20 Å². The minimum absolute atomic E-state index is 0.174. The number of hydrogen-bond donors (Lipinski definition) is 3. The van der Waals surface area contributed by atoms with E-state index in [0.717, 1.165) is 30.3 Å². The first kappa shape index (κ1) is 26.2. The second kappa shape index (κ2) is 14.7. The molecule has 6 nitrogen and oxygen atoms in total. The second-order valence-corrected chi connectivity index (χ2v) is 9.43. The lowest BCUT2D eigenvalue weighted by atomic mass is 9.92. The lowest BCUT2D eigenvalue weighted by molar-refractivity contribution is 0.267. The molecule has 0 bridgehead atoms. The maximum absolute atomic E-state index is 4.62. The Morgan fingerprint density at radius 2 is 1.76 bits per heavy atom. The van der Waals surface area contributed by atoms with E-state index in [9.17, 15) is 0 Å². The summed E-state index contributed by atoms with van der Waals surface area (Å²) in [5.41, 5.74) is 2.51. The molecule has 3 rings (SSSR count). The molecule has 2 heterocycles. The van der Waals surface area contributed by atoms with Crippen molar-refractivity contribution in [1.82, 2.24) is 30.2 Å². The monoisotopic (exact) mass is 464 g/mol. The summed E-state index contributed by atoms with van der Waals surface area (Å²) in [6.45, 7) is 11.4. The molecule has 0 spiro atoms. The minimum atomic E-state index is 0.174. The van der Waals surface area contributed by atoms with Crippen molar-refractivity contribution in [3.8, 4) is 0 Å². The van der Waals surface area contributed by atoms with E-state index in [1.165, 1.54) is 63.7 Å². The Kier molecular flexibility index (Phi) is 11.3. The van der Waals surface area contributed by atoms with Gasteiger partial charge in [-0.15, -0.1) is 0 Å².